The lowest BCUT2D eigenvalue weighted by molar-refractivity contribution is -0.126. The molecule has 4 heterocycles. The predicted molar refractivity (Wildman–Crippen MR) is 133 cm³/mol. The van der Waals surface area contributed by atoms with Crippen LogP contribution in [0.3, 0.4) is 0 Å². The Hall–Kier alpha value is -3.23. The summed E-state index contributed by atoms with van der Waals surface area (Å²) in [6.45, 7) is 5.13. The molecule has 1 atom stereocenters. The number of carbonyl (C=O) groups excluding carboxylic acids is 1. The minimum atomic E-state index is -0.946. The molecule has 0 bridgehead atoms. The zero-order chi connectivity index (χ0) is 25.6. The second-order valence-electron chi connectivity index (χ2n) is 10.8. The molecule has 1 amide bonds. The van der Waals surface area contributed by atoms with E-state index in [0.717, 1.165) is 63.0 Å². The van der Waals surface area contributed by atoms with E-state index in [-0.39, 0.29) is 11.5 Å². The van der Waals surface area contributed by atoms with Crippen LogP contribution in [0.1, 0.15) is 66.6 Å². The zero-order valence-corrected chi connectivity index (χ0v) is 20.8. The van der Waals surface area contributed by atoms with Crippen LogP contribution >= 0.6 is 0 Å². The molecule has 1 spiro atoms. The Balaban J connectivity index is 1.15. The van der Waals surface area contributed by atoms with E-state index in [1.807, 2.05) is 43.7 Å². The smallest absolute Gasteiger partial charge is 0.226 e. The van der Waals surface area contributed by atoms with Crippen molar-refractivity contribution in [3.63, 3.8) is 0 Å². The number of aromatic nitrogens is 2. The van der Waals surface area contributed by atoms with Crippen molar-refractivity contribution in [1.29, 1.82) is 0 Å². The highest BCUT2D eigenvalue weighted by Crippen LogP contribution is 2.46. The topological polar surface area (TPSA) is 67.4 Å². The predicted octanol–water partition coefficient (Wildman–Crippen LogP) is 4.78. The Bertz CT molecular complexity index is 1320. The number of hydrogen-bond acceptors (Lipinski definition) is 5. The van der Waals surface area contributed by atoms with E-state index in [9.17, 15) is 13.6 Å². The zero-order valence-electron chi connectivity index (χ0n) is 20.8. The molecule has 6 nitrogen and oxygen atoms in total. The average molecular weight is 505 g/mol. The number of fused-ring (bicyclic) bond motifs is 2. The quantitative estimate of drug-likeness (QED) is 0.523. The maximum absolute atomic E-state index is 14.0. The minimum absolute atomic E-state index is 0.0961. The van der Waals surface area contributed by atoms with E-state index in [0.29, 0.717) is 17.9 Å². The van der Waals surface area contributed by atoms with Crippen molar-refractivity contribution in [2.24, 2.45) is 5.41 Å². The normalized spacial score (nSPS) is 20.4. The Kier molecular flexibility index (Phi) is 6.04. The number of ether oxygens (including phenoxy) is 1. The van der Waals surface area contributed by atoms with Crippen LogP contribution in [0.2, 0.25) is 0 Å². The summed E-state index contributed by atoms with van der Waals surface area (Å²) in [4.78, 5) is 24.2. The fraction of sp³-hybridized carbons (Fsp3) is 0.414. The Labute approximate surface area is 215 Å². The molecule has 1 saturated carbocycles. The lowest BCUT2D eigenvalue weighted by Gasteiger charge is -2.39. The van der Waals surface area contributed by atoms with Gasteiger partial charge in [0.15, 0.2) is 11.6 Å². The van der Waals surface area contributed by atoms with Crippen LogP contribution in [0.25, 0.3) is 0 Å². The van der Waals surface area contributed by atoms with Gasteiger partial charge >= 0.3 is 0 Å². The second-order valence-corrected chi connectivity index (χ2v) is 10.8. The first-order chi connectivity index (χ1) is 17.9. The number of halogens is 2. The Morgan fingerprint density at radius 3 is 2.59 bits per heavy atom. The van der Waals surface area contributed by atoms with Crippen LogP contribution in [0.5, 0.6) is 0 Å². The molecule has 2 aliphatic heterocycles. The highest BCUT2D eigenvalue weighted by Gasteiger charge is 2.46. The summed E-state index contributed by atoms with van der Waals surface area (Å²) in [7, 11) is 0. The molecule has 2 aromatic heterocycles. The van der Waals surface area contributed by atoms with Gasteiger partial charge in [-0.05, 0) is 66.6 Å². The summed E-state index contributed by atoms with van der Waals surface area (Å²) in [5.41, 5.74) is 3.95. The van der Waals surface area contributed by atoms with E-state index in [1.165, 1.54) is 17.2 Å². The van der Waals surface area contributed by atoms with Gasteiger partial charge in [0.2, 0.25) is 5.91 Å². The SMILES string of the molecule is CC1(C(=O)NC(c2ccc(F)c(F)c2)c2ccc(CN3CCC4(CC3)OCc3ccncc34)cn2)CC1. The van der Waals surface area contributed by atoms with Crippen LogP contribution in [-0.2, 0) is 28.3 Å². The van der Waals surface area contributed by atoms with Crippen molar-refractivity contribution in [1.82, 2.24) is 20.2 Å². The number of hydrogen-bond donors (Lipinski definition) is 1. The summed E-state index contributed by atoms with van der Waals surface area (Å²) < 4.78 is 33.9. The third kappa shape index (κ3) is 4.64. The van der Waals surface area contributed by atoms with Crippen molar-refractivity contribution < 1.29 is 18.3 Å². The molecular formula is C29H30F2N4O2. The molecule has 2 fully saturated rings. The van der Waals surface area contributed by atoms with Gasteiger partial charge in [-0.2, -0.15) is 0 Å². The van der Waals surface area contributed by atoms with Gasteiger partial charge in [0.1, 0.15) is 0 Å². The van der Waals surface area contributed by atoms with Crippen LogP contribution in [0, 0.1) is 17.0 Å². The van der Waals surface area contributed by atoms with Crippen LogP contribution in [-0.4, -0.2) is 33.9 Å². The molecule has 192 valence electrons. The second kappa shape index (κ2) is 9.26. The molecule has 3 aliphatic rings. The molecule has 1 aromatic carbocycles. The van der Waals surface area contributed by atoms with Crippen molar-refractivity contribution in [3.05, 3.63) is 94.6 Å². The third-order valence-electron chi connectivity index (χ3n) is 8.22. The number of piperidine rings is 1. The number of rotatable bonds is 6. The summed E-state index contributed by atoms with van der Waals surface area (Å²) in [5, 5.41) is 3.02. The average Bonchev–Trinajstić information content (AvgIpc) is 3.58. The monoisotopic (exact) mass is 504 g/mol. The van der Waals surface area contributed by atoms with Gasteiger partial charge in [0.25, 0.3) is 0 Å². The first-order valence-electron chi connectivity index (χ1n) is 12.9. The lowest BCUT2D eigenvalue weighted by Crippen LogP contribution is -2.42. The third-order valence-corrected chi connectivity index (χ3v) is 8.22. The molecule has 1 aliphatic carbocycles. The van der Waals surface area contributed by atoms with E-state index >= 15 is 0 Å². The number of likely N-dealkylation sites (tertiary alicyclic amines) is 1. The van der Waals surface area contributed by atoms with E-state index in [2.05, 4.69) is 20.2 Å². The molecule has 37 heavy (non-hydrogen) atoms. The van der Waals surface area contributed by atoms with Crippen LogP contribution in [0.4, 0.5) is 8.78 Å². The first kappa shape index (κ1) is 24.1. The number of nitrogens with one attached hydrogen (secondary N) is 1. The van der Waals surface area contributed by atoms with Gasteiger partial charge in [-0.3, -0.25) is 19.7 Å². The van der Waals surface area contributed by atoms with Crippen LogP contribution in [0.15, 0.2) is 55.0 Å². The van der Waals surface area contributed by atoms with E-state index in [1.54, 1.807) is 0 Å². The van der Waals surface area contributed by atoms with Crippen molar-refractivity contribution in [3.8, 4) is 0 Å². The summed E-state index contributed by atoms with van der Waals surface area (Å²) in [6.07, 6.45) is 9.05. The summed E-state index contributed by atoms with van der Waals surface area (Å²) in [5.74, 6) is -1.96. The highest BCUT2D eigenvalue weighted by molar-refractivity contribution is 5.85. The molecular weight excluding hydrogens is 474 g/mol. The lowest BCUT2D eigenvalue weighted by atomic mass is 9.84. The number of nitrogens with zero attached hydrogens (tertiary/aromatic N) is 3. The van der Waals surface area contributed by atoms with Gasteiger partial charge in [-0.15, -0.1) is 0 Å². The molecule has 1 N–H and O–H groups in total. The van der Waals surface area contributed by atoms with Gasteiger partial charge in [-0.25, -0.2) is 8.78 Å². The summed E-state index contributed by atoms with van der Waals surface area (Å²) >= 11 is 0. The number of pyridine rings is 2. The number of benzene rings is 1. The first-order valence-corrected chi connectivity index (χ1v) is 12.9. The molecule has 6 rings (SSSR count). The number of amides is 1. The van der Waals surface area contributed by atoms with E-state index < -0.39 is 23.1 Å². The number of carbonyl (C=O) groups is 1. The van der Waals surface area contributed by atoms with Gasteiger partial charge in [-0.1, -0.05) is 19.1 Å². The largest absolute Gasteiger partial charge is 0.365 e. The standard InChI is InChI=1S/C29H30F2N4O2/c1-28(7-8-28)27(36)34-26(20-3-4-23(30)24(31)14-20)25-5-2-19(15-33-25)17-35-12-9-29(10-13-35)22-16-32-11-6-21(22)18-37-29/h2-6,11,14-16,26H,7-10,12-13,17-18H2,1H3,(H,34,36). The van der Waals surface area contributed by atoms with Gasteiger partial charge < -0.3 is 10.1 Å². The van der Waals surface area contributed by atoms with Crippen molar-refractivity contribution in [2.75, 3.05) is 13.1 Å². The maximum Gasteiger partial charge on any atom is 0.226 e. The molecule has 1 saturated heterocycles. The van der Waals surface area contributed by atoms with Crippen molar-refractivity contribution >= 4 is 5.91 Å². The Morgan fingerprint density at radius 2 is 1.89 bits per heavy atom. The fourth-order valence-electron chi connectivity index (χ4n) is 5.44. The maximum atomic E-state index is 14.0. The van der Waals surface area contributed by atoms with Crippen LogP contribution < -0.4 is 5.32 Å². The Morgan fingerprint density at radius 1 is 1.08 bits per heavy atom. The summed E-state index contributed by atoms with van der Waals surface area (Å²) in [6, 6.07) is 8.97. The van der Waals surface area contributed by atoms with Crippen molar-refractivity contribution in [2.45, 2.75) is 57.4 Å². The highest BCUT2D eigenvalue weighted by atomic mass is 19.2. The molecule has 3 aromatic rings. The fourth-order valence-corrected chi connectivity index (χ4v) is 5.44. The van der Waals surface area contributed by atoms with E-state index in [4.69, 9.17) is 4.74 Å². The minimum Gasteiger partial charge on any atom is -0.365 e. The van der Waals surface area contributed by atoms with Gasteiger partial charge in [0, 0.05) is 49.2 Å². The molecule has 8 heteroatoms. The molecule has 1 unspecified atom stereocenters. The molecule has 0 radical (unpaired) electrons. The van der Waals surface area contributed by atoms with Gasteiger partial charge in [0.05, 0.1) is 23.9 Å².